The van der Waals surface area contributed by atoms with Crippen molar-refractivity contribution < 1.29 is 38.4 Å². The first kappa shape index (κ1) is 25.6. The molecule has 0 fully saturated rings. The van der Waals surface area contributed by atoms with Crippen LogP contribution in [0.1, 0.15) is 38.3 Å². The van der Waals surface area contributed by atoms with Gasteiger partial charge in [-0.05, 0) is 56.2 Å². The van der Waals surface area contributed by atoms with Crippen molar-refractivity contribution in [1.82, 2.24) is 0 Å². The van der Waals surface area contributed by atoms with Gasteiger partial charge in [-0.3, -0.25) is 4.79 Å². The molecule has 0 unspecified atom stereocenters. The largest absolute Gasteiger partial charge is 0.493 e. The van der Waals surface area contributed by atoms with Crippen molar-refractivity contribution in [1.29, 1.82) is 0 Å². The molecule has 0 amide bonds. The molecule has 0 aliphatic carbocycles. The van der Waals surface area contributed by atoms with E-state index in [9.17, 15) is 14.7 Å². The SMILES string of the molecule is COc1ccc(C(=C(CC(=O)O)C(=O)OC(C)(C)C)c2ccc(OC)c(OC)c2)cc1OC. The predicted octanol–water partition coefficient (Wildman–Crippen LogP) is 4.34. The van der Waals surface area contributed by atoms with Crippen molar-refractivity contribution in [3.63, 3.8) is 0 Å². The molecule has 2 rings (SSSR count). The number of hydrogen-bond acceptors (Lipinski definition) is 7. The summed E-state index contributed by atoms with van der Waals surface area (Å²) < 4.78 is 27.0. The maximum atomic E-state index is 13.2. The van der Waals surface area contributed by atoms with Gasteiger partial charge < -0.3 is 28.8 Å². The fourth-order valence-corrected chi connectivity index (χ4v) is 3.25. The summed E-state index contributed by atoms with van der Waals surface area (Å²) in [4.78, 5) is 24.9. The number of carbonyl (C=O) groups excluding carboxylic acids is 1. The second-order valence-electron chi connectivity index (χ2n) is 8.07. The molecule has 0 aliphatic rings. The number of methoxy groups -OCH3 is 4. The molecule has 8 nitrogen and oxygen atoms in total. The lowest BCUT2D eigenvalue weighted by Crippen LogP contribution is -2.26. The highest BCUT2D eigenvalue weighted by Crippen LogP contribution is 2.38. The van der Waals surface area contributed by atoms with Gasteiger partial charge in [0.1, 0.15) is 5.60 Å². The van der Waals surface area contributed by atoms with Gasteiger partial charge in [0.25, 0.3) is 0 Å². The van der Waals surface area contributed by atoms with Crippen LogP contribution in [0.2, 0.25) is 0 Å². The number of esters is 1. The summed E-state index contributed by atoms with van der Waals surface area (Å²) >= 11 is 0. The van der Waals surface area contributed by atoms with Gasteiger partial charge in [0.2, 0.25) is 0 Å². The smallest absolute Gasteiger partial charge is 0.335 e. The summed E-state index contributed by atoms with van der Waals surface area (Å²) in [5, 5.41) is 9.61. The average Bonchev–Trinajstić information content (AvgIpc) is 2.76. The third-order valence-electron chi connectivity index (χ3n) is 4.62. The van der Waals surface area contributed by atoms with Gasteiger partial charge >= 0.3 is 11.9 Å². The first-order valence-corrected chi connectivity index (χ1v) is 10.2. The van der Waals surface area contributed by atoms with E-state index >= 15 is 0 Å². The van der Waals surface area contributed by atoms with E-state index in [0.717, 1.165) is 0 Å². The number of aliphatic carboxylic acids is 1. The molecule has 0 aromatic heterocycles. The molecule has 0 atom stereocenters. The average molecular weight is 459 g/mol. The highest BCUT2D eigenvalue weighted by Gasteiger charge is 2.27. The van der Waals surface area contributed by atoms with Crippen LogP contribution in [0.4, 0.5) is 0 Å². The molecule has 0 saturated carbocycles. The highest BCUT2D eigenvalue weighted by molar-refractivity contribution is 6.05. The Balaban J connectivity index is 2.90. The molecule has 178 valence electrons. The molecule has 2 aromatic carbocycles. The van der Waals surface area contributed by atoms with Crippen LogP contribution in [0.15, 0.2) is 42.0 Å². The number of carboxylic acids is 1. The second kappa shape index (κ2) is 10.8. The summed E-state index contributed by atoms with van der Waals surface area (Å²) in [6, 6.07) is 10.2. The van der Waals surface area contributed by atoms with Crippen LogP contribution in [-0.2, 0) is 14.3 Å². The third kappa shape index (κ3) is 6.41. The zero-order valence-electron chi connectivity index (χ0n) is 20.0. The third-order valence-corrected chi connectivity index (χ3v) is 4.62. The van der Waals surface area contributed by atoms with Crippen LogP contribution in [0.3, 0.4) is 0 Å². The molecule has 0 radical (unpaired) electrons. The van der Waals surface area contributed by atoms with Crippen LogP contribution in [0.5, 0.6) is 23.0 Å². The fraction of sp³-hybridized carbons (Fsp3) is 0.360. The van der Waals surface area contributed by atoms with E-state index in [2.05, 4.69) is 0 Å². The van der Waals surface area contributed by atoms with Gasteiger partial charge in [-0.25, -0.2) is 4.79 Å². The van der Waals surface area contributed by atoms with Gasteiger partial charge in [0, 0.05) is 5.57 Å². The quantitative estimate of drug-likeness (QED) is 0.438. The minimum atomic E-state index is -1.17. The van der Waals surface area contributed by atoms with Crippen LogP contribution < -0.4 is 18.9 Å². The predicted molar refractivity (Wildman–Crippen MR) is 123 cm³/mol. The van der Waals surface area contributed by atoms with E-state index in [1.54, 1.807) is 57.2 Å². The fourth-order valence-electron chi connectivity index (χ4n) is 3.25. The topological polar surface area (TPSA) is 101 Å². The maximum absolute atomic E-state index is 13.2. The Bertz CT molecular complexity index is 989. The monoisotopic (exact) mass is 458 g/mol. The maximum Gasteiger partial charge on any atom is 0.335 e. The zero-order valence-corrected chi connectivity index (χ0v) is 20.0. The van der Waals surface area contributed by atoms with Crippen molar-refractivity contribution in [3.8, 4) is 23.0 Å². The molecule has 0 aliphatic heterocycles. The number of carbonyl (C=O) groups is 2. The summed E-state index contributed by atoms with van der Waals surface area (Å²) in [6.07, 6.45) is -0.549. The van der Waals surface area contributed by atoms with E-state index in [0.29, 0.717) is 39.7 Å². The van der Waals surface area contributed by atoms with E-state index in [1.165, 1.54) is 28.4 Å². The summed E-state index contributed by atoms with van der Waals surface area (Å²) in [5.74, 6) is -0.0765. The van der Waals surface area contributed by atoms with Crippen molar-refractivity contribution in [3.05, 3.63) is 53.1 Å². The van der Waals surface area contributed by atoms with Gasteiger partial charge in [-0.15, -0.1) is 0 Å². The second-order valence-corrected chi connectivity index (χ2v) is 8.07. The van der Waals surface area contributed by atoms with Crippen molar-refractivity contribution in [2.75, 3.05) is 28.4 Å². The minimum Gasteiger partial charge on any atom is -0.493 e. The molecule has 0 spiro atoms. The highest BCUT2D eigenvalue weighted by atomic mass is 16.6. The van der Waals surface area contributed by atoms with Crippen LogP contribution in [0, 0.1) is 0 Å². The Morgan fingerprint density at radius 2 is 1.18 bits per heavy atom. The Morgan fingerprint density at radius 1 is 0.758 bits per heavy atom. The standard InChI is InChI=1S/C25H30O8/c1-25(2,3)33-24(28)17(14-22(26)27)23(15-8-10-18(29-4)20(12-15)31-6)16-9-11-19(30-5)21(13-16)32-7/h8-13H,14H2,1-7H3,(H,26,27). The molecule has 2 aromatic rings. The molecule has 8 heteroatoms. The van der Waals surface area contributed by atoms with E-state index in [-0.39, 0.29) is 5.57 Å². The molecule has 0 saturated heterocycles. The van der Waals surface area contributed by atoms with Crippen LogP contribution in [0.25, 0.3) is 5.57 Å². The number of benzene rings is 2. The Morgan fingerprint density at radius 3 is 1.52 bits per heavy atom. The Kier molecular flexibility index (Phi) is 8.34. The van der Waals surface area contributed by atoms with Gasteiger partial charge in [-0.2, -0.15) is 0 Å². The zero-order chi connectivity index (χ0) is 24.8. The van der Waals surface area contributed by atoms with Crippen LogP contribution >= 0.6 is 0 Å². The molecule has 1 N–H and O–H groups in total. The van der Waals surface area contributed by atoms with E-state index in [4.69, 9.17) is 23.7 Å². The van der Waals surface area contributed by atoms with Crippen LogP contribution in [-0.4, -0.2) is 51.1 Å². The van der Waals surface area contributed by atoms with Crippen molar-refractivity contribution >= 4 is 17.5 Å². The van der Waals surface area contributed by atoms with Gasteiger partial charge in [0.15, 0.2) is 23.0 Å². The number of hydrogen-bond donors (Lipinski definition) is 1. The minimum absolute atomic E-state index is 0.0168. The summed E-state index contributed by atoms with van der Waals surface area (Å²) in [6.45, 7) is 5.15. The lowest BCUT2D eigenvalue weighted by molar-refractivity contribution is -0.151. The van der Waals surface area contributed by atoms with Gasteiger partial charge in [-0.1, -0.05) is 12.1 Å². The normalized spacial score (nSPS) is 10.8. The molecule has 0 bridgehead atoms. The van der Waals surface area contributed by atoms with E-state index < -0.39 is 24.0 Å². The van der Waals surface area contributed by atoms with E-state index in [1.807, 2.05) is 0 Å². The van der Waals surface area contributed by atoms with Gasteiger partial charge in [0.05, 0.1) is 40.4 Å². The summed E-state index contributed by atoms with van der Waals surface area (Å²) in [5.41, 5.74) is 0.621. The Labute approximate surface area is 193 Å². The number of rotatable bonds is 9. The first-order chi connectivity index (χ1) is 15.5. The molecular formula is C25H30O8. The number of ether oxygens (including phenoxy) is 5. The molecular weight excluding hydrogens is 428 g/mol. The first-order valence-electron chi connectivity index (χ1n) is 10.2. The summed E-state index contributed by atoms with van der Waals surface area (Å²) in [7, 11) is 6.01. The number of carboxylic acid groups (broad SMARTS) is 1. The lowest BCUT2D eigenvalue weighted by Gasteiger charge is -2.23. The molecule has 0 heterocycles. The lowest BCUT2D eigenvalue weighted by atomic mass is 9.90. The Hall–Kier alpha value is -3.68. The van der Waals surface area contributed by atoms with Crippen molar-refractivity contribution in [2.24, 2.45) is 0 Å². The molecule has 33 heavy (non-hydrogen) atoms. The van der Waals surface area contributed by atoms with Crippen molar-refractivity contribution in [2.45, 2.75) is 32.8 Å².